The van der Waals surface area contributed by atoms with Crippen LogP contribution in [0.2, 0.25) is 0 Å². The van der Waals surface area contributed by atoms with E-state index in [9.17, 15) is 4.79 Å². The summed E-state index contributed by atoms with van der Waals surface area (Å²) < 4.78 is 21.5. The first kappa shape index (κ1) is 21.0. The fourth-order valence-corrected chi connectivity index (χ4v) is 3.41. The lowest BCUT2D eigenvalue weighted by Crippen LogP contribution is -2.44. The first-order valence-corrected chi connectivity index (χ1v) is 9.91. The predicted molar refractivity (Wildman–Crippen MR) is 107 cm³/mol. The van der Waals surface area contributed by atoms with Crippen LogP contribution >= 0.6 is 0 Å². The number of hydrogen-bond donors (Lipinski definition) is 0. The van der Waals surface area contributed by atoms with Crippen LogP contribution in [0.1, 0.15) is 39.0 Å². The molecule has 0 N–H and O–H groups in total. The quantitative estimate of drug-likeness (QED) is 0.634. The Labute approximate surface area is 171 Å². The lowest BCUT2D eigenvalue weighted by Gasteiger charge is -2.34. The van der Waals surface area contributed by atoms with Crippen LogP contribution in [0.5, 0.6) is 17.2 Å². The van der Waals surface area contributed by atoms with E-state index < -0.39 is 0 Å². The molecule has 1 aliphatic rings. The topological polar surface area (TPSA) is 86.9 Å². The standard InChI is InChI=1S/C21H29N3O5/c1-13(2)24(21(25)14-7-6-8-14)10-9-18-22-20(23-29-18)15-11-16(26-3)19(28-5)17(12-15)27-4/h11-14H,6-10H2,1-5H3. The molecule has 8 heteroatoms. The summed E-state index contributed by atoms with van der Waals surface area (Å²) in [6.45, 7) is 4.63. The predicted octanol–water partition coefficient (Wildman–Crippen LogP) is 3.34. The monoisotopic (exact) mass is 403 g/mol. The molecule has 2 aromatic rings. The van der Waals surface area contributed by atoms with Crippen LogP contribution in [0, 0.1) is 5.92 Å². The van der Waals surface area contributed by atoms with Gasteiger partial charge in [0, 0.05) is 30.5 Å². The summed E-state index contributed by atoms with van der Waals surface area (Å²) >= 11 is 0. The van der Waals surface area contributed by atoms with Crippen molar-refractivity contribution in [2.45, 2.75) is 45.6 Å². The summed E-state index contributed by atoms with van der Waals surface area (Å²) in [7, 11) is 4.67. The van der Waals surface area contributed by atoms with Crippen molar-refractivity contribution in [3.05, 3.63) is 18.0 Å². The Morgan fingerprint density at radius 1 is 1.17 bits per heavy atom. The van der Waals surface area contributed by atoms with Crippen LogP contribution < -0.4 is 14.2 Å². The highest BCUT2D eigenvalue weighted by Crippen LogP contribution is 2.40. The molecular weight excluding hydrogens is 374 g/mol. The lowest BCUT2D eigenvalue weighted by molar-refractivity contribution is -0.139. The third kappa shape index (κ3) is 4.46. The number of hydrogen-bond acceptors (Lipinski definition) is 7. The summed E-state index contributed by atoms with van der Waals surface area (Å²) in [5.74, 6) is 2.87. The van der Waals surface area contributed by atoms with Crippen molar-refractivity contribution in [1.29, 1.82) is 0 Å². The first-order valence-electron chi connectivity index (χ1n) is 9.91. The van der Waals surface area contributed by atoms with E-state index in [1.807, 2.05) is 18.7 Å². The molecule has 0 unspecified atom stereocenters. The maximum atomic E-state index is 12.6. The zero-order valence-electron chi connectivity index (χ0n) is 17.7. The van der Waals surface area contributed by atoms with Gasteiger partial charge in [0.2, 0.25) is 23.4 Å². The zero-order valence-corrected chi connectivity index (χ0v) is 17.7. The smallest absolute Gasteiger partial charge is 0.228 e. The molecule has 1 saturated carbocycles. The molecule has 3 rings (SSSR count). The van der Waals surface area contributed by atoms with Crippen LogP contribution in [0.4, 0.5) is 0 Å². The lowest BCUT2D eigenvalue weighted by atomic mass is 9.84. The van der Waals surface area contributed by atoms with Crippen LogP contribution in [0.3, 0.4) is 0 Å². The Balaban J connectivity index is 1.74. The molecule has 0 spiro atoms. The molecule has 158 valence electrons. The maximum absolute atomic E-state index is 12.6. The number of carbonyl (C=O) groups is 1. The van der Waals surface area contributed by atoms with Gasteiger partial charge in [0.1, 0.15) is 0 Å². The second kappa shape index (κ2) is 9.15. The highest BCUT2D eigenvalue weighted by molar-refractivity contribution is 5.79. The Bertz CT molecular complexity index is 820. The van der Waals surface area contributed by atoms with Gasteiger partial charge in [-0.1, -0.05) is 11.6 Å². The van der Waals surface area contributed by atoms with E-state index in [1.54, 1.807) is 33.5 Å². The number of amides is 1. The highest BCUT2D eigenvalue weighted by Gasteiger charge is 2.30. The Kier molecular flexibility index (Phi) is 6.61. The molecule has 1 aromatic carbocycles. The van der Waals surface area contributed by atoms with E-state index in [1.165, 1.54) is 0 Å². The minimum Gasteiger partial charge on any atom is -0.493 e. The summed E-state index contributed by atoms with van der Waals surface area (Å²) in [6, 6.07) is 3.69. The summed E-state index contributed by atoms with van der Waals surface area (Å²) in [5, 5.41) is 4.08. The normalized spacial score (nSPS) is 13.9. The molecule has 0 saturated heterocycles. The Hall–Kier alpha value is -2.77. The van der Waals surface area contributed by atoms with Crippen molar-refractivity contribution in [3.8, 4) is 28.6 Å². The van der Waals surface area contributed by atoms with E-state index in [4.69, 9.17) is 18.7 Å². The summed E-state index contributed by atoms with van der Waals surface area (Å²) in [4.78, 5) is 19.0. The number of methoxy groups -OCH3 is 3. The number of nitrogens with zero attached hydrogens (tertiary/aromatic N) is 3. The second-order valence-electron chi connectivity index (χ2n) is 7.43. The van der Waals surface area contributed by atoms with Crippen molar-refractivity contribution in [3.63, 3.8) is 0 Å². The fourth-order valence-electron chi connectivity index (χ4n) is 3.41. The third-order valence-corrected chi connectivity index (χ3v) is 5.32. The SMILES string of the molecule is COc1cc(-c2noc(CCN(C(=O)C3CCC3)C(C)C)n2)cc(OC)c1OC. The molecule has 1 heterocycles. The Morgan fingerprint density at radius 2 is 1.83 bits per heavy atom. The van der Waals surface area contributed by atoms with E-state index in [0.717, 1.165) is 19.3 Å². The second-order valence-corrected chi connectivity index (χ2v) is 7.43. The summed E-state index contributed by atoms with van der Waals surface area (Å²) in [5.41, 5.74) is 0.695. The van der Waals surface area contributed by atoms with Gasteiger partial charge in [0.25, 0.3) is 0 Å². The minimum absolute atomic E-state index is 0.139. The molecule has 29 heavy (non-hydrogen) atoms. The van der Waals surface area contributed by atoms with Gasteiger partial charge in [0.15, 0.2) is 11.5 Å². The molecule has 0 atom stereocenters. The number of benzene rings is 1. The maximum Gasteiger partial charge on any atom is 0.228 e. The van der Waals surface area contributed by atoms with Crippen LogP contribution in [0.15, 0.2) is 16.7 Å². The van der Waals surface area contributed by atoms with E-state index >= 15 is 0 Å². The third-order valence-electron chi connectivity index (χ3n) is 5.32. The van der Waals surface area contributed by atoms with Gasteiger partial charge in [-0.25, -0.2) is 0 Å². The van der Waals surface area contributed by atoms with Gasteiger partial charge in [-0.05, 0) is 38.8 Å². The molecular formula is C21H29N3O5. The molecule has 1 aromatic heterocycles. The van der Waals surface area contributed by atoms with Crippen molar-refractivity contribution < 1.29 is 23.5 Å². The van der Waals surface area contributed by atoms with Crippen LogP contribution in [-0.4, -0.2) is 54.9 Å². The summed E-state index contributed by atoms with van der Waals surface area (Å²) in [6.07, 6.45) is 3.64. The molecule has 1 amide bonds. The van der Waals surface area contributed by atoms with Gasteiger partial charge >= 0.3 is 0 Å². The molecule has 0 radical (unpaired) electrons. The van der Waals surface area contributed by atoms with E-state index in [2.05, 4.69) is 10.1 Å². The van der Waals surface area contributed by atoms with Gasteiger partial charge < -0.3 is 23.6 Å². The average Bonchev–Trinajstić information content (AvgIpc) is 3.14. The minimum atomic E-state index is 0.139. The first-order chi connectivity index (χ1) is 14.0. The molecule has 0 bridgehead atoms. The van der Waals surface area contributed by atoms with Crippen molar-refractivity contribution in [2.75, 3.05) is 27.9 Å². The number of aromatic nitrogens is 2. The van der Waals surface area contributed by atoms with Gasteiger partial charge in [-0.2, -0.15) is 4.98 Å². The van der Waals surface area contributed by atoms with Gasteiger partial charge in [-0.3, -0.25) is 4.79 Å². The van der Waals surface area contributed by atoms with Crippen molar-refractivity contribution >= 4 is 5.91 Å². The van der Waals surface area contributed by atoms with Crippen molar-refractivity contribution in [2.24, 2.45) is 5.92 Å². The average molecular weight is 403 g/mol. The number of rotatable bonds is 9. The van der Waals surface area contributed by atoms with E-state index in [0.29, 0.717) is 47.5 Å². The van der Waals surface area contributed by atoms with Crippen LogP contribution in [0.25, 0.3) is 11.4 Å². The highest BCUT2D eigenvalue weighted by atomic mass is 16.5. The molecule has 1 aliphatic carbocycles. The number of ether oxygens (including phenoxy) is 3. The Morgan fingerprint density at radius 3 is 2.31 bits per heavy atom. The molecule has 1 fully saturated rings. The van der Waals surface area contributed by atoms with Gasteiger partial charge in [-0.15, -0.1) is 0 Å². The van der Waals surface area contributed by atoms with Crippen molar-refractivity contribution in [1.82, 2.24) is 15.0 Å². The van der Waals surface area contributed by atoms with Gasteiger partial charge in [0.05, 0.1) is 21.3 Å². The number of carbonyl (C=O) groups excluding carboxylic acids is 1. The van der Waals surface area contributed by atoms with Crippen LogP contribution in [-0.2, 0) is 11.2 Å². The molecule has 0 aliphatic heterocycles. The zero-order chi connectivity index (χ0) is 21.0. The largest absolute Gasteiger partial charge is 0.493 e. The fraction of sp³-hybridized carbons (Fsp3) is 0.571. The van der Waals surface area contributed by atoms with E-state index in [-0.39, 0.29) is 17.9 Å². The molecule has 8 nitrogen and oxygen atoms in total.